The van der Waals surface area contributed by atoms with E-state index in [-0.39, 0.29) is 5.91 Å². The zero-order chi connectivity index (χ0) is 14.5. The van der Waals surface area contributed by atoms with Gasteiger partial charge in [0.25, 0.3) is 5.91 Å². The number of nitrogen functional groups attached to an aromatic ring is 1. The van der Waals surface area contributed by atoms with Crippen molar-refractivity contribution in [2.45, 2.75) is 6.61 Å². The summed E-state index contributed by atoms with van der Waals surface area (Å²) in [5, 5.41) is 3.29. The third-order valence-corrected chi connectivity index (χ3v) is 3.06. The number of nitrogens with two attached hydrogens (primary N) is 1. The Morgan fingerprint density at radius 3 is 2.80 bits per heavy atom. The van der Waals surface area contributed by atoms with Crippen molar-refractivity contribution < 1.29 is 9.53 Å². The minimum absolute atomic E-state index is 0.298. The van der Waals surface area contributed by atoms with Gasteiger partial charge in [-0.25, -0.2) is 0 Å². The Hall–Kier alpha value is -2.04. The van der Waals surface area contributed by atoms with Crippen molar-refractivity contribution in [3.8, 4) is 0 Å². The molecule has 0 aliphatic rings. The second-order valence-electron chi connectivity index (χ2n) is 4.28. The Kier molecular flexibility index (Phi) is 4.61. The van der Waals surface area contributed by atoms with Crippen LogP contribution in [0.5, 0.6) is 0 Å². The van der Waals surface area contributed by atoms with Crippen molar-refractivity contribution in [2.75, 3.05) is 18.2 Å². The maximum Gasteiger partial charge on any atom is 0.257 e. The summed E-state index contributed by atoms with van der Waals surface area (Å²) in [6.45, 7) is 0.418. The van der Waals surface area contributed by atoms with E-state index in [0.29, 0.717) is 28.6 Å². The minimum Gasteiger partial charge on any atom is -0.398 e. The van der Waals surface area contributed by atoms with Crippen molar-refractivity contribution in [3.05, 3.63) is 58.6 Å². The maximum absolute atomic E-state index is 12.3. The van der Waals surface area contributed by atoms with Gasteiger partial charge in [-0.1, -0.05) is 29.8 Å². The predicted molar refractivity (Wildman–Crippen MR) is 81.0 cm³/mol. The van der Waals surface area contributed by atoms with Crippen molar-refractivity contribution in [1.29, 1.82) is 0 Å². The van der Waals surface area contributed by atoms with Gasteiger partial charge in [-0.05, 0) is 24.3 Å². The first-order valence-electron chi connectivity index (χ1n) is 6.05. The van der Waals surface area contributed by atoms with E-state index in [1.54, 1.807) is 25.3 Å². The van der Waals surface area contributed by atoms with Crippen LogP contribution in [0.2, 0.25) is 5.02 Å². The lowest BCUT2D eigenvalue weighted by atomic mass is 10.1. The first-order chi connectivity index (χ1) is 9.61. The molecule has 3 N–H and O–H groups in total. The summed E-state index contributed by atoms with van der Waals surface area (Å²) in [6, 6.07) is 12.2. The highest BCUT2D eigenvalue weighted by molar-refractivity contribution is 6.31. The van der Waals surface area contributed by atoms with E-state index in [9.17, 15) is 4.79 Å². The van der Waals surface area contributed by atoms with Gasteiger partial charge >= 0.3 is 0 Å². The molecule has 104 valence electrons. The van der Waals surface area contributed by atoms with E-state index in [2.05, 4.69) is 5.32 Å². The summed E-state index contributed by atoms with van der Waals surface area (Å²) < 4.78 is 5.10. The number of carbonyl (C=O) groups excluding carboxylic acids is 1. The van der Waals surface area contributed by atoms with Gasteiger partial charge < -0.3 is 15.8 Å². The van der Waals surface area contributed by atoms with Crippen molar-refractivity contribution in [3.63, 3.8) is 0 Å². The fourth-order valence-electron chi connectivity index (χ4n) is 1.84. The molecule has 0 atom stereocenters. The molecule has 0 aromatic heterocycles. The molecule has 20 heavy (non-hydrogen) atoms. The smallest absolute Gasteiger partial charge is 0.257 e. The minimum atomic E-state index is -0.298. The summed E-state index contributed by atoms with van der Waals surface area (Å²) in [6.07, 6.45) is 0. The van der Waals surface area contributed by atoms with Gasteiger partial charge in [-0.3, -0.25) is 4.79 Å². The molecule has 0 saturated heterocycles. The molecule has 0 saturated carbocycles. The van der Waals surface area contributed by atoms with Crippen LogP contribution in [-0.2, 0) is 11.3 Å². The molecule has 2 aromatic rings. The second kappa shape index (κ2) is 6.41. The van der Waals surface area contributed by atoms with Gasteiger partial charge in [0.05, 0.1) is 12.2 Å². The molecular weight excluding hydrogens is 276 g/mol. The summed E-state index contributed by atoms with van der Waals surface area (Å²) >= 11 is 5.89. The monoisotopic (exact) mass is 290 g/mol. The average molecular weight is 291 g/mol. The van der Waals surface area contributed by atoms with Crippen LogP contribution in [0.15, 0.2) is 42.5 Å². The number of amides is 1. The highest BCUT2D eigenvalue weighted by Crippen LogP contribution is 2.21. The number of hydrogen-bond donors (Lipinski definition) is 2. The van der Waals surface area contributed by atoms with Crippen LogP contribution in [0.3, 0.4) is 0 Å². The normalized spacial score (nSPS) is 10.3. The number of methoxy groups -OCH3 is 1. The summed E-state index contributed by atoms with van der Waals surface area (Å²) in [5.41, 5.74) is 8.12. The van der Waals surface area contributed by atoms with Crippen LogP contribution in [0.1, 0.15) is 15.9 Å². The Morgan fingerprint density at radius 2 is 2.05 bits per heavy atom. The zero-order valence-electron chi connectivity index (χ0n) is 11.0. The molecule has 0 aliphatic heterocycles. The molecule has 4 nitrogen and oxygen atoms in total. The molecule has 0 bridgehead atoms. The quantitative estimate of drug-likeness (QED) is 0.849. The summed E-state index contributed by atoms with van der Waals surface area (Å²) in [4.78, 5) is 12.3. The van der Waals surface area contributed by atoms with Crippen LogP contribution in [0.25, 0.3) is 0 Å². The van der Waals surface area contributed by atoms with E-state index in [0.717, 1.165) is 5.56 Å². The number of hydrogen-bond acceptors (Lipinski definition) is 3. The molecule has 2 aromatic carbocycles. The largest absolute Gasteiger partial charge is 0.398 e. The fourth-order valence-corrected chi connectivity index (χ4v) is 2.01. The lowest BCUT2D eigenvalue weighted by Gasteiger charge is -2.11. The van der Waals surface area contributed by atoms with Crippen LogP contribution >= 0.6 is 11.6 Å². The fraction of sp³-hybridized carbons (Fsp3) is 0.133. The van der Waals surface area contributed by atoms with E-state index < -0.39 is 0 Å². The maximum atomic E-state index is 12.3. The van der Waals surface area contributed by atoms with E-state index in [4.69, 9.17) is 22.1 Å². The van der Waals surface area contributed by atoms with Gasteiger partial charge in [0, 0.05) is 29.1 Å². The SMILES string of the molecule is COCc1ccccc1NC(=O)c1cc(Cl)ccc1N. The van der Waals surface area contributed by atoms with Gasteiger partial charge in [0.15, 0.2) is 0 Å². The number of benzene rings is 2. The third kappa shape index (κ3) is 3.29. The number of para-hydroxylation sites is 1. The molecule has 2 rings (SSSR count). The van der Waals surface area contributed by atoms with Crippen molar-refractivity contribution in [1.82, 2.24) is 0 Å². The Morgan fingerprint density at radius 1 is 1.30 bits per heavy atom. The number of carbonyl (C=O) groups is 1. The van der Waals surface area contributed by atoms with E-state index in [1.807, 2.05) is 24.3 Å². The number of anilines is 2. The molecule has 0 unspecified atom stereocenters. The molecule has 0 spiro atoms. The molecule has 1 amide bonds. The van der Waals surface area contributed by atoms with E-state index in [1.165, 1.54) is 0 Å². The average Bonchev–Trinajstić information content (AvgIpc) is 2.44. The first-order valence-corrected chi connectivity index (χ1v) is 6.43. The Labute approximate surface area is 122 Å². The Bertz CT molecular complexity index is 629. The summed E-state index contributed by atoms with van der Waals surface area (Å²) in [5.74, 6) is -0.298. The van der Waals surface area contributed by atoms with Crippen LogP contribution < -0.4 is 11.1 Å². The van der Waals surface area contributed by atoms with E-state index >= 15 is 0 Å². The molecular formula is C15H15ClN2O2. The molecule has 5 heteroatoms. The van der Waals surface area contributed by atoms with Crippen molar-refractivity contribution in [2.24, 2.45) is 0 Å². The first kappa shape index (κ1) is 14.4. The zero-order valence-corrected chi connectivity index (χ0v) is 11.8. The molecule has 0 radical (unpaired) electrons. The standard InChI is InChI=1S/C15H15ClN2O2/c1-20-9-10-4-2-3-5-14(10)18-15(19)12-8-11(16)6-7-13(12)17/h2-8H,9,17H2,1H3,(H,18,19). The topological polar surface area (TPSA) is 64.3 Å². The lowest BCUT2D eigenvalue weighted by molar-refractivity contribution is 0.102. The highest BCUT2D eigenvalue weighted by Gasteiger charge is 2.12. The predicted octanol–water partition coefficient (Wildman–Crippen LogP) is 3.32. The highest BCUT2D eigenvalue weighted by atomic mass is 35.5. The lowest BCUT2D eigenvalue weighted by Crippen LogP contribution is -2.15. The molecule has 0 fully saturated rings. The molecule has 0 aliphatic carbocycles. The van der Waals surface area contributed by atoms with Crippen LogP contribution in [0, 0.1) is 0 Å². The third-order valence-electron chi connectivity index (χ3n) is 2.83. The number of rotatable bonds is 4. The van der Waals surface area contributed by atoms with Crippen LogP contribution in [-0.4, -0.2) is 13.0 Å². The second-order valence-corrected chi connectivity index (χ2v) is 4.71. The molecule has 0 heterocycles. The van der Waals surface area contributed by atoms with Gasteiger partial charge in [0.2, 0.25) is 0 Å². The van der Waals surface area contributed by atoms with Crippen molar-refractivity contribution >= 4 is 28.9 Å². The van der Waals surface area contributed by atoms with Gasteiger partial charge in [0.1, 0.15) is 0 Å². The number of halogens is 1. The van der Waals surface area contributed by atoms with Gasteiger partial charge in [-0.2, -0.15) is 0 Å². The van der Waals surface area contributed by atoms with Gasteiger partial charge in [-0.15, -0.1) is 0 Å². The van der Waals surface area contributed by atoms with Crippen LogP contribution in [0.4, 0.5) is 11.4 Å². The summed E-state index contributed by atoms with van der Waals surface area (Å²) in [7, 11) is 1.60. The Balaban J connectivity index is 2.26. The number of ether oxygens (including phenoxy) is 1. The number of nitrogens with one attached hydrogen (secondary N) is 1.